The van der Waals surface area contributed by atoms with Gasteiger partial charge in [-0.1, -0.05) is 55.3 Å². The molecule has 0 radical (unpaired) electrons. The molecule has 4 rings (SSSR count). The van der Waals surface area contributed by atoms with Crippen molar-refractivity contribution in [2.75, 3.05) is 19.0 Å². The Morgan fingerprint density at radius 2 is 1.89 bits per heavy atom. The van der Waals surface area contributed by atoms with Crippen molar-refractivity contribution in [3.8, 4) is 0 Å². The Balaban J connectivity index is 1.76. The molecule has 2 amide bonds. The fraction of sp³-hybridized carbons (Fsp3) is 0.629. The molecule has 10 nitrogen and oxygen atoms in total. The Hall–Kier alpha value is -2.92. The average Bonchev–Trinajstić information content (AvgIpc) is 3.68. The molecule has 2 N–H and O–H groups in total. The number of ether oxygens (including phenoxy) is 3. The lowest BCUT2D eigenvalue weighted by Crippen LogP contribution is -2.60. The van der Waals surface area contributed by atoms with Crippen molar-refractivity contribution in [1.82, 2.24) is 10.2 Å². The number of allylic oxidation sites excluding steroid dienone is 3. The number of epoxide rings is 1. The minimum absolute atomic E-state index is 0.0899. The Morgan fingerprint density at radius 3 is 2.54 bits per heavy atom. The number of carbonyl (C=O) groups excluding carboxylic acids is 3. The summed E-state index contributed by atoms with van der Waals surface area (Å²) in [6, 6.07) is 3.43. The van der Waals surface area contributed by atoms with E-state index in [1.807, 2.05) is 90.8 Å². The van der Waals surface area contributed by atoms with Crippen molar-refractivity contribution in [3.05, 3.63) is 52.1 Å². The predicted molar refractivity (Wildman–Crippen MR) is 178 cm³/mol. The third-order valence-corrected chi connectivity index (χ3v) is 10.6. The zero-order valence-corrected chi connectivity index (χ0v) is 29.5. The standard InChI is InChI=1S/C35H50ClN3O7/c1-19(2)38(9)24(7)32(41)45-28-17-29(40)39(10)26-16-25(15-21(4)30(26)36)14-20(3)12-11-13-22(5)35(43)18-27(44-33(42)37-35)23(6)31-34(28,8)46-31/h11-13,15-16,19,22-24,27-28,31,43H,14,17-18H2,1-10H3,(H,37,42)/b13-11+,20-12+/t22-,23-,24+,27+,28+,31+,34+,35+/m1/s1. The van der Waals surface area contributed by atoms with E-state index in [2.05, 4.69) is 5.32 Å². The predicted octanol–water partition coefficient (Wildman–Crippen LogP) is 5.32. The van der Waals surface area contributed by atoms with Gasteiger partial charge in [-0.2, -0.15) is 0 Å². The molecular formula is C35H50ClN3O7. The molecule has 4 bridgehead atoms. The second-order valence-electron chi connectivity index (χ2n) is 13.9. The van der Waals surface area contributed by atoms with E-state index in [1.165, 1.54) is 4.90 Å². The van der Waals surface area contributed by atoms with Crippen LogP contribution in [0.2, 0.25) is 5.02 Å². The summed E-state index contributed by atoms with van der Waals surface area (Å²) in [5.74, 6) is -1.59. The molecule has 2 fully saturated rings. The number of esters is 1. The summed E-state index contributed by atoms with van der Waals surface area (Å²) in [6.45, 7) is 15.2. The third kappa shape index (κ3) is 7.46. The Labute approximate surface area is 278 Å². The molecule has 0 unspecified atom stereocenters. The first-order chi connectivity index (χ1) is 21.4. The summed E-state index contributed by atoms with van der Waals surface area (Å²) in [5.41, 5.74) is 0.827. The number of fused-ring (bicyclic) bond motifs is 5. The van der Waals surface area contributed by atoms with E-state index in [0.717, 1.165) is 16.7 Å². The molecule has 0 aliphatic carbocycles. The van der Waals surface area contributed by atoms with Crippen LogP contribution in [0.5, 0.6) is 0 Å². The topological polar surface area (TPSA) is 121 Å². The number of hydrogen-bond donors (Lipinski definition) is 2. The number of alkyl carbamates (subject to hydrolysis) is 1. The van der Waals surface area contributed by atoms with Crippen LogP contribution in [0, 0.1) is 18.8 Å². The lowest BCUT2D eigenvalue weighted by Gasteiger charge is -2.41. The summed E-state index contributed by atoms with van der Waals surface area (Å²) in [6.07, 6.45) is 3.40. The molecule has 0 aromatic heterocycles. The molecule has 2 saturated heterocycles. The van der Waals surface area contributed by atoms with Crippen molar-refractivity contribution in [1.29, 1.82) is 0 Å². The van der Waals surface area contributed by atoms with Gasteiger partial charge in [0.05, 0.1) is 23.2 Å². The fourth-order valence-electron chi connectivity index (χ4n) is 6.40. The number of carbonyl (C=O) groups is 3. The molecule has 3 heterocycles. The van der Waals surface area contributed by atoms with E-state index >= 15 is 0 Å². The molecule has 1 aromatic rings. The van der Waals surface area contributed by atoms with Gasteiger partial charge in [-0.3, -0.25) is 19.8 Å². The smallest absolute Gasteiger partial charge is 0.409 e. The Morgan fingerprint density at radius 1 is 1.22 bits per heavy atom. The molecule has 0 saturated carbocycles. The molecule has 11 heteroatoms. The highest BCUT2D eigenvalue weighted by Crippen LogP contribution is 2.49. The third-order valence-electron chi connectivity index (χ3n) is 10.1. The maximum absolute atomic E-state index is 14.0. The second-order valence-corrected chi connectivity index (χ2v) is 14.3. The van der Waals surface area contributed by atoms with E-state index < -0.39 is 53.7 Å². The highest BCUT2D eigenvalue weighted by Gasteiger charge is 2.64. The highest BCUT2D eigenvalue weighted by atomic mass is 35.5. The van der Waals surface area contributed by atoms with Gasteiger partial charge in [0, 0.05) is 31.3 Å². The monoisotopic (exact) mass is 659 g/mol. The van der Waals surface area contributed by atoms with Crippen molar-refractivity contribution >= 4 is 35.3 Å². The van der Waals surface area contributed by atoms with Crippen LogP contribution in [0.1, 0.15) is 72.4 Å². The number of rotatable bonds is 4. The van der Waals surface area contributed by atoms with Gasteiger partial charge < -0.3 is 24.2 Å². The minimum Gasteiger partial charge on any atom is -0.457 e. The number of likely N-dealkylation sites (N-methyl/N-ethyl adjacent to an activating group) is 1. The van der Waals surface area contributed by atoms with Crippen LogP contribution in [0.4, 0.5) is 10.5 Å². The quantitative estimate of drug-likeness (QED) is 0.329. The summed E-state index contributed by atoms with van der Waals surface area (Å²) in [4.78, 5) is 43.5. The Bertz CT molecular complexity index is 1410. The number of nitrogens with one attached hydrogen (secondary N) is 1. The minimum atomic E-state index is -1.55. The van der Waals surface area contributed by atoms with E-state index in [0.29, 0.717) is 17.1 Å². The largest absolute Gasteiger partial charge is 0.457 e. The van der Waals surface area contributed by atoms with Gasteiger partial charge in [0.2, 0.25) is 5.91 Å². The van der Waals surface area contributed by atoms with Gasteiger partial charge in [-0.15, -0.1) is 0 Å². The van der Waals surface area contributed by atoms with Crippen LogP contribution in [0.15, 0.2) is 35.9 Å². The second kappa shape index (κ2) is 13.7. The van der Waals surface area contributed by atoms with Gasteiger partial charge in [0.25, 0.3) is 0 Å². The zero-order chi connectivity index (χ0) is 34.3. The lowest BCUT2D eigenvalue weighted by atomic mass is 9.82. The highest BCUT2D eigenvalue weighted by molar-refractivity contribution is 6.34. The van der Waals surface area contributed by atoms with Crippen molar-refractivity contribution in [3.63, 3.8) is 0 Å². The number of halogens is 1. The van der Waals surface area contributed by atoms with E-state index in [1.54, 1.807) is 14.0 Å². The first-order valence-electron chi connectivity index (χ1n) is 16.1. The van der Waals surface area contributed by atoms with E-state index in [4.69, 9.17) is 25.8 Å². The maximum atomic E-state index is 14.0. The maximum Gasteiger partial charge on any atom is 0.409 e. The molecule has 1 aromatic carbocycles. The van der Waals surface area contributed by atoms with Crippen molar-refractivity contribution in [2.45, 2.75) is 116 Å². The summed E-state index contributed by atoms with van der Waals surface area (Å²) in [7, 11) is 3.51. The van der Waals surface area contributed by atoms with Crippen LogP contribution in [0.25, 0.3) is 0 Å². The average molecular weight is 660 g/mol. The van der Waals surface area contributed by atoms with E-state index in [-0.39, 0.29) is 30.7 Å². The fourth-order valence-corrected chi connectivity index (χ4v) is 6.64. The number of benzene rings is 1. The number of amides is 2. The van der Waals surface area contributed by atoms with Crippen LogP contribution < -0.4 is 10.2 Å². The first kappa shape index (κ1) is 35.9. The molecule has 3 aliphatic heterocycles. The van der Waals surface area contributed by atoms with Crippen LogP contribution in [-0.2, 0) is 30.2 Å². The summed E-state index contributed by atoms with van der Waals surface area (Å²) in [5, 5.41) is 14.7. The number of aryl methyl sites for hydroxylation is 1. The van der Waals surface area contributed by atoms with Crippen LogP contribution >= 0.6 is 11.6 Å². The summed E-state index contributed by atoms with van der Waals surface area (Å²) >= 11 is 6.75. The zero-order valence-electron chi connectivity index (χ0n) is 28.7. The first-order valence-corrected chi connectivity index (χ1v) is 16.5. The number of hydrogen-bond acceptors (Lipinski definition) is 8. The summed E-state index contributed by atoms with van der Waals surface area (Å²) < 4.78 is 18.1. The lowest BCUT2D eigenvalue weighted by molar-refractivity contribution is -0.159. The van der Waals surface area contributed by atoms with Crippen molar-refractivity contribution < 1.29 is 33.7 Å². The van der Waals surface area contributed by atoms with Gasteiger partial charge in [-0.25, -0.2) is 4.79 Å². The van der Waals surface area contributed by atoms with Crippen molar-refractivity contribution in [2.24, 2.45) is 11.8 Å². The Kier molecular flexibility index (Phi) is 10.7. The van der Waals surface area contributed by atoms with Crippen LogP contribution in [0.3, 0.4) is 0 Å². The number of nitrogens with zero attached hydrogens (tertiary/aromatic N) is 2. The molecule has 46 heavy (non-hydrogen) atoms. The molecule has 254 valence electrons. The van der Waals surface area contributed by atoms with Gasteiger partial charge in [0.1, 0.15) is 29.6 Å². The van der Waals surface area contributed by atoms with E-state index in [9.17, 15) is 19.5 Å². The van der Waals surface area contributed by atoms with Gasteiger partial charge in [-0.05, 0) is 72.2 Å². The number of aliphatic hydroxyl groups is 1. The number of anilines is 1. The van der Waals surface area contributed by atoms with Gasteiger partial charge >= 0.3 is 12.1 Å². The van der Waals surface area contributed by atoms with Crippen LogP contribution in [-0.4, -0.2) is 83.8 Å². The van der Waals surface area contributed by atoms with Gasteiger partial charge in [0.15, 0.2) is 0 Å². The molecule has 0 spiro atoms. The molecular weight excluding hydrogens is 610 g/mol. The normalized spacial score (nSPS) is 34.6. The molecule has 8 atom stereocenters. The molecule has 3 aliphatic rings. The SMILES string of the molecule is C/C1=C\C=C\[C@@H](C)[C@@]2(O)C[C@H](OC(=O)N2)[C@@H](C)[C@@H]2O[C@@]2(C)[C@@H](OC(=O)[C@H](C)N(C)C(C)C)CC(=O)N(C)c2cc(cc(C)c2Cl)C1.